The van der Waals surface area contributed by atoms with Gasteiger partial charge < -0.3 is 10.0 Å². The highest BCUT2D eigenvalue weighted by atomic mass is 19.1. The predicted octanol–water partition coefficient (Wildman–Crippen LogP) is 1.91. The van der Waals surface area contributed by atoms with Crippen LogP contribution in [0.15, 0.2) is 24.3 Å². The quantitative estimate of drug-likeness (QED) is 0.891. The van der Waals surface area contributed by atoms with Crippen LogP contribution in [0.1, 0.15) is 31.2 Å². The third-order valence-corrected chi connectivity index (χ3v) is 3.43. The zero-order chi connectivity index (χ0) is 13.1. The second kappa shape index (κ2) is 5.48. The van der Waals surface area contributed by atoms with E-state index in [-0.39, 0.29) is 24.1 Å². The Kier molecular flexibility index (Phi) is 3.97. The number of β-amino-alcohol motifs (C(OH)–C–C–N with tert-alkyl or cyclic N) is 1. The molecule has 3 nitrogen and oxygen atoms in total. The van der Waals surface area contributed by atoms with Gasteiger partial charge in [-0.2, -0.15) is 0 Å². The van der Waals surface area contributed by atoms with E-state index in [4.69, 9.17) is 0 Å². The second-order valence-electron chi connectivity index (χ2n) is 4.91. The van der Waals surface area contributed by atoms with Crippen LogP contribution in [-0.4, -0.2) is 35.1 Å². The minimum Gasteiger partial charge on any atom is -0.391 e. The van der Waals surface area contributed by atoms with Gasteiger partial charge in [0.25, 0.3) is 0 Å². The number of aliphatic hydroxyl groups is 1. The molecule has 0 aliphatic carbocycles. The summed E-state index contributed by atoms with van der Waals surface area (Å²) in [5, 5.41) is 9.39. The lowest BCUT2D eigenvalue weighted by molar-refractivity contribution is -0.130. The first-order valence-corrected chi connectivity index (χ1v) is 6.28. The fraction of sp³-hybridized carbons (Fsp3) is 0.500. The van der Waals surface area contributed by atoms with Crippen LogP contribution in [0.4, 0.5) is 4.39 Å². The Hall–Kier alpha value is -1.42. The Labute approximate surface area is 106 Å². The minimum atomic E-state index is -0.405. The molecule has 0 aromatic heterocycles. The predicted molar refractivity (Wildman–Crippen MR) is 66.6 cm³/mol. The number of halogens is 1. The Balaban J connectivity index is 1.97. The number of carbonyl (C=O) groups excluding carboxylic acids is 1. The minimum absolute atomic E-state index is 0.0118. The van der Waals surface area contributed by atoms with E-state index < -0.39 is 6.10 Å². The number of carbonyl (C=O) groups is 1. The molecule has 2 atom stereocenters. The summed E-state index contributed by atoms with van der Waals surface area (Å²) in [6, 6.07) is 6.55. The standard InChI is InChI=1S/C14H18FNO2/c1-10(12-4-2-3-5-13(12)15)8-14(18)16-7-6-11(17)9-16/h2-5,10-11,17H,6-9H2,1H3/t10?,11-/m0/s1. The molecule has 4 heteroatoms. The number of likely N-dealkylation sites (tertiary alicyclic amines) is 1. The molecule has 1 amide bonds. The number of hydrogen-bond donors (Lipinski definition) is 1. The lowest BCUT2D eigenvalue weighted by atomic mass is 9.97. The summed E-state index contributed by atoms with van der Waals surface area (Å²) < 4.78 is 13.6. The highest BCUT2D eigenvalue weighted by Crippen LogP contribution is 2.23. The van der Waals surface area contributed by atoms with Gasteiger partial charge in [-0.3, -0.25) is 4.79 Å². The van der Waals surface area contributed by atoms with E-state index in [0.717, 1.165) is 0 Å². The molecular formula is C14H18FNO2. The highest BCUT2D eigenvalue weighted by Gasteiger charge is 2.26. The molecule has 0 radical (unpaired) electrons. The number of aliphatic hydroxyl groups excluding tert-OH is 1. The Morgan fingerprint density at radius 3 is 2.89 bits per heavy atom. The fourth-order valence-electron chi connectivity index (χ4n) is 2.34. The van der Waals surface area contributed by atoms with Crippen LogP contribution >= 0.6 is 0 Å². The van der Waals surface area contributed by atoms with Crippen molar-refractivity contribution in [3.05, 3.63) is 35.6 Å². The molecule has 98 valence electrons. The van der Waals surface area contributed by atoms with Gasteiger partial charge in [-0.25, -0.2) is 4.39 Å². The third kappa shape index (κ3) is 2.88. The zero-order valence-corrected chi connectivity index (χ0v) is 10.5. The fourth-order valence-corrected chi connectivity index (χ4v) is 2.34. The van der Waals surface area contributed by atoms with Crippen molar-refractivity contribution in [2.24, 2.45) is 0 Å². The zero-order valence-electron chi connectivity index (χ0n) is 10.5. The van der Waals surface area contributed by atoms with Gasteiger partial charge in [-0.1, -0.05) is 25.1 Å². The maximum absolute atomic E-state index is 13.6. The van der Waals surface area contributed by atoms with Gasteiger partial charge in [0.2, 0.25) is 5.91 Å². The first-order chi connectivity index (χ1) is 8.58. The smallest absolute Gasteiger partial charge is 0.223 e. The van der Waals surface area contributed by atoms with E-state index in [1.165, 1.54) is 6.07 Å². The van der Waals surface area contributed by atoms with E-state index in [1.54, 1.807) is 23.1 Å². The van der Waals surface area contributed by atoms with E-state index in [9.17, 15) is 14.3 Å². The summed E-state index contributed by atoms with van der Waals surface area (Å²) in [6.07, 6.45) is 0.519. The molecule has 1 N–H and O–H groups in total. The van der Waals surface area contributed by atoms with Gasteiger partial charge in [0.15, 0.2) is 0 Å². The molecule has 0 saturated carbocycles. The SMILES string of the molecule is CC(CC(=O)N1CC[C@H](O)C1)c1ccccc1F. The lowest BCUT2D eigenvalue weighted by Gasteiger charge is -2.19. The summed E-state index contributed by atoms with van der Waals surface area (Å²) in [6.45, 7) is 2.86. The molecule has 18 heavy (non-hydrogen) atoms. The molecule has 2 rings (SSSR count). The summed E-state index contributed by atoms with van der Waals surface area (Å²) in [5.74, 6) is -0.419. The van der Waals surface area contributed by atoms with Crippen LogP contribution in [0.5, 0.6) is 0 Å². The van der Waals surface area contributed by atoms with E-state index in [0.29, 0.717) is 25.1 Å². The summed E-state index contributed by atoms with van der Waals surface area (Å²) in [5.41, 5.74) is 0.575. The van der Waals surface area contributed by atoms with Crippen molar-refractivity contribution in [2.45, 2.75) is 31.8 Å². The summed E-state index contributed by atoms with van der Waals surface area (Å²) >= 11 is 0. The second-order valence-corrected chi connectivity index (χ2v) is 4.91. The Bertz CT molecular complexity index is 436. The van der Waals surface area contributed by atoms with Crippen LogP contribution in [0, 0.1) is 5.82 Å². The van der Waals surface area contributed by atoms with Crippen LogP contribution in [0.3, 0.4) is 0 Å². The van der Waals surface area contributed by atoms with Gasteiger partial charge >= 0.3 is 0 Å². The molecule has 1 saturated heterocycles. The van der Waals surface area contributed by atoms with Crippen LogP contribution < -0.4 is 0 Å². The van der Waals surface area contributed by atoms with Gasteiger partial charge in [0, 0.05) is 19.5 Å². The monoisotopic (exact) mass is 251 g/mol. The molecule has 0 spiro atoms. The van der Waals surface area contributed by atoms with Crippen molar-refractivity contribution >= 4 is 5.91 Å². The topological polar surface area (TPSA) is 40.5 Å². The number of amides is 1. The highest BCUT2D eigenvalue weighted by molar-refractivity contribution is 5.77. The first kappa shape index (κ1) is 13.0. The lowest BCUT2D eigenvalue weighted by Crippen LogP contribution is -2.30. The first-order valence-electron chi connectivity index (χ1n) is 6.28. The van der Waals surface area contributed by atoms with Crippen LogP contribution in [0.25, 0.3) is 0 Å². The van der Waals surface area contributed by atoms with E-state index in [1.807, 2.05) is 6.92 Å². The summed E-state index contributed by atoms with van der Waals surface area (Å²) in [7, 11) is 0. The van der Waals surface area contributed by atoms with E-state index in [2.05, 4.69) is 0 Å². The molecule has 1 fully saturated rings. The molecule has 1 aliphatic heterocycles. The maximum Gasteiger partial charge on any atom is 0.223 e. The average molecular weight is 251 g/mol. The van der Waals surface area contributed by atoms with Crippen LogP contribution in [-0.2, 0) is 4.79 Å². The Morgan fingerprint density at radius 1 is 1.56 bits per heavy atom. The normalized spacial score (nSPS) is 21.1. The maximum atomic E-state index is 13.6. The Morgan fingerprint density at radius 2 is 2.28 bits per heavy atom. The number of benzene rings is 1. The average Bonchev–Trinajstić information content (AvgIpc) is 2.76. The van der Waals surface area contributed by atoms with Crippen molar-refractivity contribution in [3.63, 3.8) is 0 Å². The number of rotatable bonds is 3. The van der Waals surface area contributed by atoms with Crippen molar-refractivity contribution in [2.75, 3.05) is 13.1 Å². The van der Waals surface area contributed by atoms with Gasteiger partial charge in [0.05, 0.1) is 6.10 Å². The van der Waals surface area contributed by atoms with E-state index >= 15 is 0 Å². The number of nitrogens with zero attached hydrogens (tertiary/aromatic N) is 1. The molecule has 1 aliphatic rings. The molecule has 1 aromatic carbocycles. The van der Waals surface area contributed by atoms with Gasteiger partial charge in [0.1, 0.15) is 5.82 Å². The van der Waals surface area contributed by atoms with Crippen LogP contribution in [0.2, 0.25) is 0 Å². The van der Waals surface area contributed by atoms with Crippen molar-refractivity contribution in [1.82, 2.24) is 4.90 Å². The largest absolute Gasteiger partial charge is 0.391 e. The molecule has 0 bridgehead atoms. The molecular weight excluding hydrogens is 233 g/mol. The number of hydrogen-bond acceptors (Lipinski definition) is 2. The summed E-state index contributed by atoms with van der Waals surface area (Å²) in [4.78, 5) is 13.6. The van der Waals surface area contributed by atoms with Gasteiger partial charge in [-0.05, 0) is 24.0 Å². The van der Waals surface area contributed by atoms with Crippen molar-refractivity contribution in [1.29, 1.82) is 0 Å². The molecule has 1 aromatic rings. The molecule has 1 unspecified atom stereocenters. The third-order valence-electron chi connectivity index (χ3n) is 3.43. The van der Waals surface area contributed by atoms with Crippen molar-refractivity contribution in [3.8, 4) is 0 Å². The van der Waals surface area contributed by atoms with Gasteiger partial charge in [-0.15, -0.1) is 0 Å². The molecule has 1 heterocycles. The van der Waals surface area contributed by atoms with Crippen molar-refractivity contribution < 1.29 is 14.3 Å².